The van der Waals surface area contributed by atoms with E-state index in [1.54, 1.807) is 0 Å². The standard InChI is InChI=1S/C56H112FN3O2.C4H8O2/c1-5-9-13-17-21-25-33-41-49-58(50-42-34-26-22-18-14-10-6-2)55(61)47-39-31-29-37-45-53-60(57)54-46-38-30-32-40-48-56(62)59(51-43-35-27-23-19-15-11-7-3)52-44-36-28-24-20-16-12-8-4;5-4-1-2-6-3-4/h5-54H2,1-4H3;4-5H,1-3H2. The first-order chi connectivity index (χ1) is 33.4. The highest BCUT2D eigenvalue weighted by Gasteiger charge is 2.15. The first-order valence-corrected chi connectivity index (χ1v) is 30.6. The molecule has 0 spiro atoms. The van der Waals surface area contributed by atoms with Gasteiger partial charge in [0.1, 0.15) is 0 Å². The van der Waals surface area contributed by atoms with Crippen molar-refractivity contribution in [2.45, 2.75) is 323 Å². The maximum atomic E-state index is 14.6. The topological polar surface area (TPSA) is 73.3 Å². The molecule has 1 fully saturated rings. The van der Waals surface area contributed by atoms with Crippen LogP contribution in [0.2, 0.25) is 0 Å². The van der Waals surface area contributed by atoms with Gasteiger partial charge in [0.05, 0.1) is 12.7 Å². The monoisotopic (exact) mass is 966 g/mol. The normalized spacial score (nSPS) is 13.6. The molecule has 7 nitrogen and oxygen atoms in total. The number of carbonyl (C=O) groups is 2. The number of amides is 2. The lowest BCUT2D eigenvalue weighted by Gasteiger charge is -2.23. The van der Waals surface area contributed by atoms with Gasteiger partial charge in [-0.1, -0.05) is 246 Å². The van der Waals surface area contributed by atoms with Crippen molar-refractivity contribution in [2.24, 2.45) is 0 Å². The summed E-state index contributed by atoms with van der Waals surface area (Å²) in [5.74, 6) is 0.727. The number of unbranched alkanes of at least 4 members (excludes halogenated alkanes) is 36. The van der Waals surface area contributed by atoms with Gasteiger partial charge in [0.15, 0.2) is 0 Å². The first kappa shape index (κ1) is 66.8. The molecule has 0 saturated carbocycles. The average Bonchev–Trinajstić information content (AvgIpc) is 3.83. The van der Waals surface area contributed by atoms with Gasteiger partial charge in [-0.05, 0) is 57.8 Å². The Labute approximate surface area is 424 Å². The predicted octanol–water partition coefficient (Wildman–Crippen LogP) is 17.8. The van der Waals surface area contributed by atoms with Crippen molar-refractivity contribution in [2.75, 3.05) is 52.5 Å². The molecule has 1 aliphatic heterocycles. The molecular formula is C60H120FN3O4. The molecule has 1 N–H and O–H groups in total. The lowest BCUT2D eigenvalue weighted by molar-refractivity contribution is -0.132. The van der Waals surface area contributed by atoms with Crippen molar-refractivity contribution >= 4 is 11.8 Å². The summed E-state index contributed by atoms with van der Waals surface area (Å²) in [5, 5.41) is 9.63. The van der Waals surface area contributed by atoms with E-state index < -0.39 is 0 Å². The van der Waals surface area contributed by atoms with E-state index in [9.17, 15) is 14.1 Å². The Morgan fingerprint density at radius 3 is 0.838 bits per heavy atom. The van der Waals surface area contributed by atoms with Crippen LogP contribution < -0.4 is 0 Å². The third-order valence-electron chi connectivity index (χ3n) is 14.3. The van der Waals surface area contributed by atoms with Crippen LogP contribution in [0.1, 0.15) is 317 Å². The molecule has 0 radical (unpaired) electrons. The van der Waals surface area contributed by atoms with Gasteiger partial charge in [0, 0.05) is 58.7 Å². The number of rotatable bonds is 52. The van der Waals surface area contributed by atoms with Gasteiger partial charge in [-0.2, -0.15) is 0 Å². The molecule has 0 aromatic heterocycles. The van der Waals surface area contributed by atoms with E-state index in [4.69, 9.17) is 9.84 Å². The number of hydrogen-bond donors (Lipinski definition) is 1. The number of aliphatic hydroxyl groups is 1. The van der Waals surface area contributed by atoms with Crippen molar-refractivity contribution in [3.63, 3.8) is 0 Å². The fourth-order valence-corrected chi connectivity index (χ4v) is 9.60. The average molecular weight is 967 g/mol. The molecule has 0 bridgehead atoms. The Hall–Kier alpha value is -1.25. The van der Waals surface area contributed by atoms with Crippen LogP contribution in [-0.4, -0.2) is 90.4 Å². The first-order valence-electron chi connectivity index (χ1n) is 30.6. The number of aliphatic hydroxyl groups excluding tert-OH is 1. The second kappa shape index (κ2) is 55.1. The molecule has 1 rings (SSSR count). The van der Waals surface area contributed by atoms with Crippen LogP contribution in [0.15, 0.2) is 0 Å². The second-order valence-electron chi connectivity index (χ2n) is 21.1. The van der Waals surface area contributed by atoms with Crippen molar-refractivity contribution in [1.82, 2.24) is 14.9 Å². The zero-order valence-corrected chi connectivity index (χ0v) is 46.4. The van der Waals surface area contributed by atoms with E-state index >= 15 is 0 Å². The minimum atomic E-state index is -0.176. The van der Waals surface area contributed by atoms with Crippen molar-refractivity contribution < 1.29 is 23.9 Å². The van der Waals surface area contributed by atoms with Crippen molar-refractivity contribution in [3.8, 4) is 0 Å². The molecule has 1 aliphatic rings. The smallest absolute Gasteiger partial charge is 0.222 e. The molecule has 1 saturated heterocycles. The number of hydrogen-bond acceptors (Lipinski definition) is 5. The van der Waals surface area contributed by atoms with E-state index in [2.05, 4.69) is 37.5 Å². The van der Waals surface area contributed by atoms with Crippen molar-refractivity contribution in [3.05, 3.63) is 0 Å². The van der Waals surface area contributed by atoms with Gasteiger partial charge in [-0.15, -0.1) is 9.60 Å². The highest BCUT2D eigenvalue weighted by Crippen LogP contribution is 2.17. The molecule has 8 heteroatoms. The molecule has 0 aliphatic carbocycles. The van der Waals surface area contributed by atoms with Gasteiger partial charge < -0.3 is 19.6 Å². The summed E-state index contributed by atoms with van der Waals surface area (Å²) in [6, 6.07) is 0. The van der Waals surface area contributed by atoms with Crippen LogP contribution in [-0.2, 0) is 14.3 Å². The number of ether oxygens (including phenoxy) is 1. The predicted molar refractivity (Wildman–Crippen MR) is 293 cm³/mol. The van der Waals surface area contributed by atoms with Gasteiger partial charge in [0.2, 0.25) is 11.8 Å². The summed E-state index contributed by atoms with van der Waals surface area (Å²) in [4.78, 5) is 30.9. The molecular weight excluding hydrogens is 846 g/mol. The highest BCUT2D eigenvalue weighted by molar-refractivity contribution is 5.76. The zero-order valence-electron chi connectivity index (χ0n) is 46.4. The van der Waals surface area contributed by atoms with Crippen LogP contribution in [0.4, 0.5) is 4.48 Å². The SMILES string of the molecule is CCCCCCCCCCN(CCCCCCCCCC)C(=O)CCCCCCCN(F)CCCCCCCC(=O)N(CCCCCCCCCC)CCCCCCCCCC.OC1CCOC1. The second-order valence-corrected chi connectivity index (χ2v) is 21.1. The maximum absolute atomic E-state index is 14.6. The Kier molecular flexibility index (Phi) is 54.1. The molecule has 2 amide bonds. The molecule has 68 heavy (non-hydrogen) atoms. The molecule has 1 unspecified atom stereocenters. The van der Waals surface area contributed by atoms with Gasteiger partial charge >= 0.3 is 0 Å². The Morgan fingerprint density at radius 1 is 0.382 bits per heavy atom. The van der Waals surface area contributed by atoms with Crippen LogP contribution in [0.25, 0.3) is 0 Å². The van der Waals surface area contributed by atoms with Gasteiger partial charge in [0.25, 0.3) is 0 Å². The minimum absolute atomic E-state index is 0.176. The number of halogens is 1. The quantitative estimate of drug-likeness (QED) is 0.0486. The Bertz CT molecular complexity index is 903. The van der Waals surface area contributed by atoms with E-state index in [0.29, 0.717) is 44.4 Å². The third kappa shape index (κ3) is 48.4. The summed E-state index contributed by atoms with van der Waals surface area (Å²) >= 11 is 0. The van der Waals surface area contributed by atoms with Crippen LogP contribution in [0.5, 0.6) is 0 Å². The van der Waals surface area contributed by atoms with E-state index in [1.165, 1.54) is 180 Å². The summed E-state index contributed by atoms with van der Waals surface area (Å²) in [6.07, 6.45) is 53.9. The van der Waals surface area contributed by atoms with Crippen LogP contribution in [0, 0.1) is 0 Å². The van der Waals surface area contributed by atoms with E-state index in [-0.39, 0.29) is 6.10 Å². The summed E-state index contributed by atoms with van der Waals surface area (Å²) < 4.78 is 19.4. The molecule has 0 aromatic carbocycles. The highest BCUT2D eigenvalue weighted by atomic mass is 19.2. The summed E-state index contributed by atoms with van der Waals surface area (Å²) in [6.45, 7) is 15.2. The van der Waals surface area contributed by atoms with Crippen LogP contribution in [0.3, 0.4) is 0 Å². The van der Waals surface area contributed by atoms with Crippen LogP contribution >= 0.6 is 0 Å². The van der Waals surface area contributed by atoms with E-state index in [1.807, 2.05) is 0 Å². The lowest BCUT2D eigenvalue weighted by Crippen LogP contribution is -2.32. The summed E-state index contributed by atoms with van der Waals surface area (Å²) in [7, 11) is 0. The zero-order chi connectivity index (χ0) is 49.6. The fourth-order valence-electron chi connectivity index (χ4n) is 9.60. The third-order valence-corrected chi connectivity index (χ3v) is 14.3. The van der Waals surface area contributed by atoms with E-state index in [0.717, 1.165) is 134 Å². The number of carbonyl (C=O) groups excluding carboxylic acids is 2. The lowest BCUT2D eigenvalue weighted by atomic mass is 10.1. The van der Waals surface area contributed by atoms with Gasteiger partial charge in [-0.25, -0.2) is 0 Å². The molecule has 1 heterocycles. The van der Waals surface area contributed by atoms with Gasteiger partial charge in [-0.3, -0.25) is 9.59 Å². The fraction of sp³-hybridized carbons (Fsp3) is 0.967. The molecule has 1 atom stereocenters. The Balaban J connectivity index is 0.00000688. The molecule has 406 valence electrons. The minimum Gasteiger partial charge on any atom is -0.391 e. The molecule has 0 aromatic rings. The largest absolute Gasteiger partial charge is 0.391 e. The maximum Gasteiger partial charge on any atom is 0.222 e. The number of nitrogens with zero attached hydrogens (tertiary/aromatic N) is 3. The summed E-state index contributed by atoms with van der Waals surface area (Å²) in [5.41, 5.74) is 0. The Morgan fingerprint density at radius 2 is 0.618 bits per heavy atom. The van der Waals surface area contributed by atoms with Crippen molar-refractivity contribution in [1.29, 1.82) is 0 Å².